The van der Waals surface area contributed by atoms with E-state index in [1.807, 2.05) is 13.0 Å². The molecular formula is C29H28FNO6. The second kappa shape index (κ2) is 10.5. The molecule has 1 heterocycles. The van der Waals surface area contributed by atoms with Crippen LogP contribution in [-0.4, -0.2) is 32.1 Å². The van der Waals surface area contributed by atoms with Gasteiger partial charge in [-0.25, -0.2) is 9.18 Å². The van der Waals surface area contributed by atoms with E-state index in [-0.39, 0.29) is 18.3 Å². The van der Waals surface area contributed by atoms with Crippen LogP contribution in [0.4, 0.5) is 4.39 Å². The van der Waals surface area contributed by atoms with Crippen LogP contribution in [0.15, 0.2) is 59.9 Å². The van der Waals surface area contributed by atoms with Gasteiger partial charge in [-0.1, -0.05) is 6.08 Å². The zero-order chi connectivity index (χ0) is 25.9. The third-order valence-electron chi connectivity index (χ3n) is 6.67. The Morgan fingerprint density at radius 1 is 1.16 bits per heavy atom. The summed E-state index contributed by atoms with van der Waals surface area (Å²) in [7, 11) is 1.33. The Balaban J connectivity index is 1.32. The number of ether oxygens (including phenoxy) is 4. The molecule has 2 aromatic rings. The van der Waals surface area contributed by atoms with Crippen molar-refractivity contribution in [2.24, 2.45) is 0 Å². The largest absolute Gasteiger partial charge is 0.488 e. The minimum Gasteiger partial charge on any atom is -0.488 e. The summed E-state index contributed by atoms with van der Waals surface area (Å²) in [5.74, 6) is 1.67. The molecule has 7 nitrogen and oxygen atoms in total. The average molecular weight is 506 g/mol. The highest BCUT2D eigenvalue weighted by atomic mass is 19.1. The topological polar surface area (TPSA) is 83.1 Å². The number of rotatable bonds is 7. The number of benzene rings is 2. The summed E-state index contributed by atoms with van der Waals surface area (Å²) < 4.78 is 37.7. The Morgan fingerprint density at radius 2 is 2.03 bits per heavy atom. The number of allylic oxidation sites excluding steroid dienone is 3. The van der Waals surface area contributed by atoms with Crippen LogP contribution in [0.25, 0.3) is 5.57 Å². The van der Waals surface area contributed by atoms with Gasteiger partial charge in [-0.15, -0.1) is 0 Å². The third-order valence-corrected chi connectivity index (χ3v) is 6.67. The molecule has 0 saturated heterocycles. The lowest BCUT2D eigenvalue weighted by Gasteiger charge is -2.19. The molecule has 2 aliphatic carbocycles. The molecule has 0 bridgehead atoms. The number of methoxy groups -OCH3 is 1. The lowest BCUT2D eigenvalue weighted by atomic mass is 10.0. The van der Waals surface area contributed by atoms with E-state index in [1.165, 1.54) is 19.3 Å². The third kappa shape index (κ3) is 5.09. The highest BCUT2D eigenvalue weighted by Crippen LogP contribution is 2.43. The van der Waals surface area contributed by atoms with Crippen molar-refractivity contribution in [3.8, 4) is 17.2 Å². The molecule has 0 aromatic heterocycles. The molecule has 37 heavy (non-hydrogen) atoms. The van der Waals surface area contributed by atoms with E-state index < -0.39 is 12.1 Å². The Morgan fingerprint density at radius 3 is 2.78 bits per heavy atom. The summed E-state index contributed by atoms with van der Waals surface area (Å²) in [6, 6.07) is 8.44. The second-order valence-corrected chi connectivity index (χ2v) is 9.01. The first-order valence-corrected chi connectivity index (χ1v) is 12.4. The second-order valence-electron chi connectivity index (χ2n) is 9.01. The molecule has 8 heteroatoms. The summed E-state index contributed by atoms with van der Waals surface area (Å²) in [5.41, 5.74) is 3.55. The van der Waals surface area contributed by atoms with Gasteiger partial charge in [0.1, 0.15) is 41.5 Å². The fraction of sp³-hybridized carbons (Fsp3) is 0.310. The summed E-state index contributed by atoms with van der Waals surface area (Å²) in [5, 5.41) is 2.81. The summed E-state index contributed by atoms with van der Waals surface area (Å²) >= 11 is 0. The molecule has 0 fully saturated rings. The monoisotopic (exact) mass is 505 g/mol. The van der Waals surface area contributed by atoms with E-state index in [9.17, 15) is 14.0 Å². The maximum Gasteiger partial charge on any atom is 0.330 e. The van der Waals surface area contributed by atoms with Crippen LogP contribution in [0, 0.1) is 5.82 Å². The molecule has 192 valence electrons. The van der Waals surface area contributed by atoms with Crippen LogP contribution in [0.5, 0.6) is 17.2 Å². The summed E-state index contributed by atoms with van der Waals surface area (Å²) in [6.45, 7) is 2.74. The number of amides is 1. The quantitative estimate of drug-likeness (QED) is 0.423. The summed E-state index contributed by atoms with van der Waals surface area (Å²) in [4.78, 5) is 23.6. The van der Waals surface area contributed by atoms with E-state index in [2.05, 4.69) is 5.32 Å². The van der Waals surface area contributed by atoms with Crippen LogP contribution in [-0.2, 0) is 20.7 Å². The lowest BCUT2D eigenvalue weighted by molar-refractivity contribution is -0.134. The number of carbonyl (C=O) groups is 2. The van der Waals surface area contributed by atoms with E-state index in [0.29, 0.717) is 55.0 Å². The number of fused-ring (bicyclic) bond motifs is 2. The molecular weight excluding hydrogens is 477 g/mol. The zero-order valence-corrected chi connectivity index (χ0v) is 20.8. The van der Waals surface area contributed by atoms with Gasteiger partial charge in [0, 0.05) is 52.9 Å². The molecule has 0 spiro atoms. The normalized spacial score (nSPS) is 18.8. The first kappa shape index (κ1) is 24.6. The van der Waals surface area contributed by atoms with Gasteiger partial charge in [-0.3, -0.25) is 4.79 Å². The van der Waals surface area contributed by atoms with Crippen molar-refractivity contribution < 1.29 is 32.9 Å². The number of nitrogens with one attached hydrogen (secondary N) is 1. The SMILES string of the molecule is CCNC(=O)C1=CC=C(Oc2ccc(F)c3c2CCC3Oc2ccc3c(c2)OCC3=CC(=O)OC)CC1. The van der Waals surface area contributed by atoms with Crippen molar-refractivity contribution >= 4 is 17.4 Å². The molecule has 5 rings (SSSR count). The van der Waals surface area contributed by atoms with Gasteiger partial charge < -0.3 is 24.3 Å². The lowest BCUT2D eigenvalue weighted by Crippen LogP contribution is -2.25. The van der Waals surface area contributed by atoms with Crippen LogP contribution in [0.3, 0.4) is 0 Å². The first-order valence-electron chi connectivity index (χ1n) is 12.4. The van der Waals surface area contributed by atoms with Crippen molar-refractivity contribution in [3.63, 3.8) is 0 Å². The van der Waals surface area contributed by atoms with Crippen molar-refractivity contribution in [2.75, 3.05) is 20.3 Å². The number of esters is 1. The van der Waals surface area contributed by atoms with E-state index in [0.717, 1.165) is 28.0 Å². The summed E-state index contributed by atoms with van der Waals surface area (Å²) in [6.07, 6.45) is 6.94. The van der Waals surface area contributed by atoms with Crippen LogP contribution in [0.2, 0.25) is 0 Å². The molecule has 1 N–H and O–H groups in total. The number of hydrogen-bond acceptors (Lipinski definition) is 6. The van der Waals surface area contributed by atoms with Crippen molar-refractivity contribution in [1.29, 1.82) is 0 Å². The fourth-order valence-electron chi connectivity index (χ4n) is 4.84. The van der Waals surface area contributed by atoms with E-state index >= 15 is 0 Å². The average Bonchev–Trinajstić information content (AvgIpc) is 3.51. The van der Waals surface area contributed by atoms with E-state index in [1.54, 1.807) is 30.4 Å². The standard InChI is InChI=1S/C29H28FNO6/c1-3-31-29(33)17-4-6-19(7-5-17)36-24-13-11-23(30)28-22(24)10-12-25(28)37-20-8-9-21-18(14-27(32)34-2)16-35-26(21)15-20/h4,6,8-9,11,13-15,25H,3,5,7,10,12,16H2,1-2H3,(H,31,33). The molecule has 3 aliphatic rings. The minimum atomic E-state index is -0.465. The predicted molar refractivity (Wildman–Crippen MR) is 135 cm³/mol. The number of carbonyl (C=O) groups excluding carboxylic acids is 2. The fourth-order valence-corrected chi connectivity index (χ4v) is 4.84. The van der Waals surface area contributed by atoms with Gasteiger partial charge in [0.15, 0.2) is 0 Å². The maximum absolute atomic E-state index is 15.0. The van der Waals surface area contributed by atoms with Gasteiger partial charge in [-0.05, 0) is 56.5 Å². The molecule has 2 aromatic carbocycles. The molecule has 1 amide bonds. The molecule has 0 saturated carbocycles. The Bertz CT molecular complexity index is 1340. The maximum atomic E-state index is 15.0. The Labute approximate surface area is 214 Å². The zero-order valence-electron chi connectivity index (χ0n) is 20.8. The van der Waals surface area contributed by atoms with Crippen LogP contribution in [0.1, 0.15) is 49.0 Å². The van der Waals surface area contributed by atoms with Crippen molar-refractivity contribution in [1.82, 2.24) is 5.32 Å². The molecule has 1 atom stereocenters. The van der Waals surface area contributed by atoms with Crippen molar-refractivity contribution in [3.05, 3.63) is 82.4 Å². The highest BCUT2D eigenvalue weighted by molar-refractivity contribution is 5.94. The van der Waals surface area contributed by atoms with Crippen LogP contribution < -0.4 is 19.5 Å². The van der Waals surface area contributed by atoms with Gasteiger partial charge >= 0.3 is 5.97 Å². The predicted octanol–water partition coefficient (Wildman–Crippen LogP) is 4.96. The van der Waals surface area contributed by atoms with Gasteiger partial charge in [0.2, 0.25) is 5.91 Å². The Kier molecular flexibility index (Phi) is 6.99. The number of hydrogen-bond donors (Lipinski definition) is 1. The van der Waals surface area contributed by atoms with Crippen LogP contribution >= 0.6 is 0 Å². The minimum absolute atomic E-state index is 0.0619. The highest BCUT2D eigenvalue weighted by Gasteiger charge is 2.31. The molecule has 1 aliphatic heterocycles. The van der Waals surface area contributed by atoms with Crippen molar-refractivity contribution in [2.45, 2.75) is 38.7 Å². The van der Waals surface area contributed by atoms with Gasteiger partial charge in [0.05, 0.1) is 7.11 Å². The first-order chi connectivity index (χ1) is 18.0. The molecule has 0 radical (unpaired) electrons. The Hall–Kier alpha value is -4.07. The van der Waals surface area contributed by atoms with E-state index in [4.69, 9.17) is 18.9 Å². The smallest absolute Gasteiger partial charge is 0.330 e. The number of likely N-dealkylation sites (N-methyl/N-ethyl adjacent to an activating group) is 1. The van der Waals surface area contributed by atoms with Gasteiger partial charge in [-0.2, -0.15) is 0 Å². The molecule has 1 unspecified atom stereocenters. The number of halogens is 1. The van der Waals surface area contributed by atoms with Gasteiger partial charge in [0.25, 0.3) is 0 Å².